The Hall–Kier alpha value is -3.41. The molecule has 0 spiro atoms. The summed E-state index contributed by atoms with van der Waals surface area (Å²) in [6.07, 6.45) is -0.783. The maximum Gasteiger partial charge on any atom is 0.325 e. The number of non-ortho nitro benzene ring substituents is 1. The van der Waals surface area contributed by atoms with Crippen molar-refractivity contribution in [2.45, 2.75) is 31.7 Å². The second-order valence-corrected chi connectivity index (χ2v) is 7.01. The topological polar surface area (TPSA) is 150 Å². The molecule has 3 amide bonds. The molecular formula is C18H24N6O6. The number of likely N-dealkylation sites (N-methyl/N-ethyl adjacent to an activating group) is 1. The first-order valence-corrected chi connectivity index (χ1v) is 9.52. The van der Waals surface area contributed by atoms with Crippen LogP contribution in [0.2, 0.25) is 0 Å². The highest BCUT2D eigenvalue weighted by atomic mass is 16.6. The first-order valence-electron chi connectivity index (χ1n) is 9.52. The SMILES string of the molecule is CCCN=C1NC2C(C(=O)NC(=O)N2C)N1CC(O)COc1ccc([N+](=O)[O-])cc1. The summed E-state index contributed by atoms with van der Waals surface area (Å²) >= 11 is 0. The number of aliphatic imine (C=N–C) groups is 1. The minimum Gasteiger partial charge on any atom is -0.491 e. The number of imide groups is 1. The van der Waals surface area contributed by atoms with E-state index < -0.39 is 35.2 Å². The van der Waals surface area contributed by atoms with Crippen LogP contribution in [0.5, 0.6) is 5.75 Å². The van der Waals surface area contributed by atoms with E-state index in [2.05, 4.69) is 15.6 Å². The number of β-amino-alcohol motifs (C(OH)–C–C–N with tert-alkyl or cyclic N) is 1. The van der Waals surface area contributed by atoms with E-state index in [1.165, 1.54) is 29.2 Å². The lowest BCUT2D eigenvalue weighted by molar-refractivity contribution is -0.384. The molecule has 1 aromatic carbocycles. The highest BCUT2D eigenvalue weighted by molar-refractivity contribution is 6.04. The zero-order valence-electron chi connectivity index (χ0n) is 16.6. The van der Waals surface area contributed by atoms with E-state index in [9.17, 15) is 24.8 Å². The third kappa shape index (κ3) is 4.43. The fourth-order valence-corrected chi connectivity index (χ4v) is 3.27. The minimum atomic E-state index is -0.983. The largest absolute Gasteiger partial charge is 0.491 e. The van der Waals surface area contributed by atoms with E-state index in [-0.39, 0.29) is 18.8 Å². The van der Waals surface area contributed by atoms with Crippen molar-refractivity contribution in [2.75, 3.05) is 26.7 Å². The number of carbonyl (C=O) groups is 2. The molecule has 2 aliphatic rings. The maximum absolute atomic E-state index is 12.4. The molecule has 0 aliphatic carbocycles. The Labute approximate surface area is 172 Å². The molecule has 162 valence electrons. The van der Waals surface area contributed by atoms with Gasteiger partial charge >= 0.3 is 6.03 Å². The van der Waals surface area contributed by atoms with Crippen molar-refractivity contribution in [3.63, 3.8) is 0 Å². The summed E-state index contributed by atoms with van der Waals surface area (Å²) in [6, 6.07) is 4.27. The monoisotopic (exact) mass is 420 g/mol. The number of nitrogens with zero attached hydrogens (tertiary/aromatic N) is 4. The van der Waals surface area contributed by atoms with Crippen molar-refractivity contribution in [3.05, 3.63) is 34.4 Å². The number of aliphatic hydroxyl groups is 1. The third-order valence-electron chi connectivity index (χ3n) is 4.80. The highest BCUT2D eigenvalue weighted by Crippen LogP contribution is 2.22. The van der Waals surface area contributed by atoms with Gasteiger partial charge in [0.15, 0.2) is 12.0 Å². The predicted octanol–water partition coefficient (Wildman–Crippen LogP) is -0.118. The van der Waals surface area contributed by atoms with Gasteiger partial charge in [0.25, 0.3) is 11.6 Å². The summed E-state index contributed by atoms with van der Waals surface area (Å²) in [5, 5.41) is 26.6. The molecule has 3 N–H and O–H groups in total. The number of hydrogen-bond donors (Lipinski definition) is 3. The summed E-state index contributed by atoms with van der Waals surface area (Å²) < 4.78 is 5.51. The molecule has 2 aliphatic heterocycles. The van der Waals surface area contributed by atoms with Gasteiger partial charge in [-0.15, -0.1) is 0 Å². The van der Waals surface area contributed by atoms with Crippen LogP contribution in [0.15, 0.2) is 29.3 Å². The van der Waals surface area contributed by atoms with E-state index in [0.717, 1.165) is 6.42 Å². The second-order valence-electron chi connectivity index (χ2n) is 7.01. The number of nitro groups is 1. The van der Waals surface area contributed by atoms with Crippen LogP contribution in [-0.4, -0.2) is 82.8 Å². The van der Waals surface area contributed by atoms with Crippen LogP contribution in [0.25, 0.3) is 0 Å². The molecule has 0 saturated carbocycles. The molecule has 0 bridgehead atoms. The number of aliphatic hydroxyl groups excluding tert-OH is 1. The molecule has 30 heavy (non-hydrogen) atoms. The molecule has 2 fully saturated rings. The Morgan fingerprint density at radius 2 is 2.03 bits per heavy atom. The molecular weight excluding hydrogens is 396 g/mol. The Balaban J connectivity index is 1.67. The van der Waals surface area contributed by atoms with E-state index >= 15 is 0 Å². The Morgan fingerprint density at radius 1 is 1.33 bits per heavy atom. The van der Waals surface area contributed by atoms with Crippen molar-refractivity contribution in [2.24, 2.45) is 4.99 Å². The quantitative estimate of drug-likeness (QED) is 0.389. The number of carbonyl (C=O) groups excluding carboxylic acids is 2. The number of hydrogen-bond acceptors (Lipinski definition) is 7. The standard InChI is InChI=1S/C18H24N6O6/c1-3-8-19-17-20-15-14(16(26)21-18(27)22(15)2)23(17)9-12(25)10-30-13-6-4-11(5-7-13)24(28)29/h4-7,12,14-15,25H,3,8-10H2,1-2H3,(H,19,20)(H,21,26,27). The third-order valence-corrected chi connectivity index (χ3v) is 4.80. The first-order chi connectivity index (χ1) is 14.3. The van der Waals surface area contributed by atoms with Crippen LogP contribution >= 0.6 is 0 Å². The number of ether oxygens (including phenoxy) is 1. The van der Waals surface area contributed by atoms with Gasteiger partial charge in [-0.25, -0.2) is 4.79 Å². The maximum atomic E-state index is 12.4. The number of rotatable bonds is 8. The summed E-state index contributed by atoms with van der Waals surface area (Å²) in [5.41, 5.74) is -0.0594. The molecule has 2 saturated heterocycles. The lowest BCUT2D eigenvalue weighted by Crippen LogP contribution is -2.65. The Bertz CT molecular complexity index is 844. The summed E-state index contributed by atoms with van der Waals surface area (Å²) in [4.78, 5) is 42.0. The van der Waals surface area contributed by atoms with E-state index in [1.807, 2.05) is 6.92 Å². The molecule has 12 nitrogen and oxygen atoms in total. The van der Waals surface area contributed by atoms with Crippen molar-refractivity contribution < 1.29 is 24.4 Å². The van der Waals surface area contributed by atoms with Crippen LogP contribution in [0.4, 0.5) is 10.5 Å². The molecule has 3 rings (SSSR count). The fraction of sp³-hybridized carbons (Fsp3) is 0.500. The fourth-order valence-electron chi connectivity index (χ4n) is 3.27. The number of nitrogens with one attached hydrogen (secondary N) is 2. The zero-order chi connectivity index (χ0) is 21.8. The summed E-state index contributed by atoms with van der Waals surface area (Å²) in [5.74, 6) is 0.330. The number of urea groups is 1. The first kappa shape index (κ1) is 21.3. The number of fused-ring (bicyclic) bond motifs is 1. The molecule has 0 aromatic heterocycles. The van der Waals surface area contributed by atoms with E-state index in [4.69, 9.17) is 4.74 Å². The van der Waals surface area contributed by atoms with Crippen LogP contribution < -0.4 is 15.4 Å². The Morgan fingerprint density at radius 3 is 2.67 bits per heavy atom. The van der Waals surface area contributed by atoms with Gasteiger partial charge in [0.05, 0.1) is 11.5 Å². The number of benzene rings is 1. The molecule has 2 heterocycles. The lowest BCUT2D eigenvalue weighted by Gasteiger charge is -2.35. The molecule has 3 unspecified atom stereocenters. The van der Waals surface area contributed by atoms with Crippen molar-refractivity contribution in [3.8, 4) is 5.75 Å². The normalized spacial score (nSPS) is 23.1. The van der Waals surface area contributed by atoms with Crippen LogP contribution in [-0.2, 0) is 4.79 Å². The van der Waals surface area contributed by atoms with Gasteiger partial charge in [0, 0.05) is 25.7 Å². The zero-order valence-corrected chi connectivity index (χ0v) is 16.6. The molecule has 12 heteroatoms. The van der Waals surface area contributed by atoms with Gasteiger partial charge in [-0.3, -0.25) is 25.2 Å². The average Bonchev–Trinajstić information content (AvgIpc) is 3.08. The van der Waals surface area contributed by atoms with Crippen molar-refractivity contribution in [1.29, 1.82) is 0 Å². The molecule has 0 radical (unpaired) electrons. The van der Waals surface area contributed by atoms with Gasteiger partial charge < -0.3 is 25.0 Å². The number of guanidine groups is 1. The lowest BCUT2D eigenvalue weighted by atomic mass is 10.1. The van der Waals surface area contributed by atoms with Crippen molar-refractivity contribution in [1.82, 2.24) is 20.4 Å². The van der Waals surface area contributed by atoms with Gasteiger partial charge in [0.2, 0.25) is 0 Å². The minimum absolute atomic E-state index is 0.0408. The second kappa shape index (κ2) is 8.95. The molecule has 1 aromatic rings. The van der Waals surface area contributed by atoms with Gasteiger partial charge in [-0.05, 0) is 18.6 Å². The van der Waals surface area contributed by atoms with Gasteiger partial charge in [0.1, 0.15) is 24.6 Å². The Kier molecular flexibility index (Phi) is 6.35. The van der Waals surface area contributed by atoms with E-state index in [1.54, 1.807) is 11.9 Å². The highest BCUT2D eigenvalue weighted by Gasteiger charge is 2.50. The smallest absolute Gasteiger partial charge is 0.325 e. The summed E-state index contributed by atoms with van der Waals surface area (Å²) in [7, 11) is 1.57. The van der Waals surface area contributed by atoms with Crippen LogP contribution in [0.3, 0.4) is 0 Å². The molecule has 3 atom stereocenters. The van der Waals surface area contributed by atoms with Crippen molar-refractivity contribution >= 4 is 23.6 Å². The predicted molar refractivity (Wildman–Crippen MR) is 106 cm³/mol. The van der Waals surface area contributed by atoms with Crippen LogP contribution in [0, 0.1) is 10.1 Å². The number of amides is 3. The average molecular weight is 420 g/mol. The van der Waals surface area contributed by atoms with Crippen LogP contribution in [0.1, 0.15) is 13.3 Å². The summed E-state index contributed by atoms with van der Waals surface area (Å²) in [6.45, 7) is 2.43. The van der Waals surface area contributed by atoms with Gasteiger partial charge in [-0.2, -0.15) is 0 Å². The van der Waals surface area contributed by atoms with E-state index in [0.29, 0.717) is 18.3 Å². The van der Waals surface area contributed by atoms with Gasteiger partial charge in [-0.1, -0.05) is 6.92 Å². The number of nitro benzene ring substituents is 1.